The maximum absolute atomic E-state index is 11.2. The van der Waals surface area contributed by atoms with E-state index < -0.39 is 0 Å². The molecule has 0 atom stereocenters. The van der Waals surface area contributed by atoms with Gasteiger partial charge in [-0.25, -0.2) is 4.79 Å². The molecule has 0 aliphatic rings. The number of benzene rings is 1. The summed E-state index contributed by atoms with van der Waals surface area (Å²) < 4.78 is 7.33. The number of rotatable bonds is 3. The van der Waals surface area contributed by atoms with Crippen molar-refractivity contribution in [3.05, 3.63) is 43.1 Å². The molecule has 0 unspecified atom stereocenters. The van der Waals surface area contributed by atoms with E-state index in [0.717, 1.165) is 12.7 Å². The van der Waals surface area contributed by atoms with Gasteiger partial charge in [-0.05, 0) is 75.9 Å². The van der Waals surface area contributed by atoms with Crippen LogP contribution in [0.3, 0.4) is 0 Å². The minimum atomic E-state index is -0.344. The van der Waals surface area contributed by atoms with Gasteiger partial charge in [0, 0.05) is 12.7 Å². The third-order valence-corrected chi connectivity index (χ3v) is 2.89. The second kappa shape index (κ2) is 5.83. The second-order valence-electron chi connectivity index (χ2n) is 3.13. The number of hydrogen-bond donors (Lipinski definition) is 0. The Morgan fingerprint density at radius 3 is 2.33 bits per heavy atom. The largest absolute Gasteiger partial charge is 0.457 e. The second-order valence-corrected chi connectivity index (χ2v) is 5.63. The fourth-order valence-corrected chi connectivity index (χ4v) is 3.03. The van der Waals surface area contributed by atoms with Gasteiger partial charge in [0.25, 0.3) is 0 Å². The van der Waals surface area contributed by atoms with E-state index in [1.54, 1.807) is 6.92 Å². The molecule has 0 aliphatic heterocycles. The first-order valence-corrected chi connectivity index (χ1v) is 6.42. The summed E-state index contributed by atoms with van der Waals surface area (Å²) in [6, 6.07) is 6.05. The Bertz CT molecular complexity index is 379. The van der Waals surface area contributed by atoms with E-state index in [-0.39, 0.29) is 5.97 Å². The molecule has 1 aromatic rings. The van der Waals surface area contributed by atoms with Crippen LogP contribution in [0, 0.1) is 7.14 Å². The van der Waals surface area contributed by atoms with Crippen LogP contribution in [0.1, 0.15) is 12.5 Å². The van der Waals surface area contributed by atoms with Gasteiger partial charge in [-0.1, -0.05) is 6.58 Å². The molecule has 15 heavy (non-hydrogen) atoms. The van der Waals surface area contributed by atoms with Crippen molar-refractivity contribution < 1.29 is 9.53 Å². The molecular weight excluding hydrogens is 418 g/mol. The van der Waals surface area contributed by atoms with E-state index in [1.165, 1.54) is 0 Å². The fraction of sp³-hybridized carbons (Fsp3) is 0.182. The Balaban J connectivity index is 2.65. The highest BCUT2D eigenvalue weighted by atomic mass is 127. The van der Waals surface area contributed by atoms with Crippen LogP contribution < -0.4 is 0 Å². The molecule has 0 aliphatic carbocycles. The number of carbonyl (C=O) groups is 1. The van der Waals surface area contributed by atoms with Gasteiger partial charge in [-0.3, -0.25) is 0 Å². The van der Waals surface area contributed by atoms with Crippen molar-refractivity contribution in [1.29, 1.82) is 0 Å². The zero-order valence-corrected chi connectivity index (χ0v) is 12.5. The topological polar surface area (TPSA) is 26.3 Å². The summed E-state index contributed by atoms with van der Waals surface area (Å²) in [7, 11) is 0. The average Bonchev–Trinajstić information content (AvgIpc) is 2.12. The highest BCUT2D eigenvalue weighted by Gasteiger charge is 2.04. The van der Waals surface area contributed by atoms with Crippen molar-refractivity contribution in [2.45, 2.75) is 13.5 Å². The van der Waals surface area contributed by atoms with Crippen molar-refractivity contribution in [3.8, 4) is 0 Å². The number of halogens is 2. The van der Waals surface area contributed by atoms with Gasteiger partial charge in [0.2, 0.25) is 0 Å². The molecule has 2 nitrogen and oxygen atoms in total. The van der Waals surface area contributed by atoms with Crippen LogP contribution in [0.25, 0.3) is 0 Å². The van der Waals surface area contributed by atoms with Gasteiger partial charge in [0.1, 0.15) is 6.61 Å². The molecule has 0 heterocycles. The highest BCUT2D eigenvalue weighted by Crippen LogP contribution is 2.15. The van der Waals surface area contributed by atoms with E-state index in [9.17, 15) is 4.79 Å². The Morgan fingerprint density at radius 2 is 1.87 bits per heavy atom. The lowest BCUT2D eigenvalue weighted by Gasteiger charge is -2.05. The molecule has 0 spiro atoms. The Labute approximate surface area is 116 Å². The predicted molar refractivity (Wildman–Crippen MR) is 76.5 cm³/mol. The van der Waals surface area contributed by atoms with Crippen LogP contribution in [0.2, 0.25) is 0 Å². The normalized spacial score (nSPS) is 9.80. The molecule has 0 radical (unpaired) electrons. The van der Waals surface area contributed by atoms with Crippen LogP contribution in [0.15, 0.2) is 30.4 Å². The quantitative estimate of drug-likeness (QED) is 0.419. The summed E-state index contributed by atoms with van der Waals surface area (Å²) in [6.45, 7) is 5.47. The minimum absolute atomic E-state index is 0.304. The summed E-state index contributed by atoms with van der Waals surface area (Å²) in [5, 5.41) is 0. The van der Waals surface area contributed by atoms with Crippen LogP contribution in [-0.4, -0.2) is 5.97 Å². The SMILES string of the molecule is C=C(C)C(=O)OCc1cc(I)cc(I)c1. The third-order valence-electron chi connectivity index (χ3n) is 1.64. The standard InChI is InChI=1S/C11H10I2O2/c1-7(2)11(14)15-6-8-3-9(12)5-10(13)4-8/h3-5H,1,6H2,2H3. The Morgan fingerprint density at radius 1 is 1.33 bits per heavy atom. The highest BCUT2D eigenvalue weighted by molar-refractivity contribution is 14.1. The lowest BCUT2D eigenvalue weighted by Crippen LogP contribution is -2.05. The number of esters is 1. The summed E-state index contributed by atoms with van der Waals surface area (Å²) in [6.07, 6.45) is 0. The molecule has 1 aromatic carbocycles. The lowest BCUT2D eigenvalue weighted by atomic mass is 10.2. The number of hydrogen-bond acceptors (Lipinski definition) is 2. The monoisotopic (exact) mass is 428 g/mol. The van der Waals surface area contributed by atoms with Gasteiger partial charge >= 0.3 is 5.97 Å². The molecule has 0 bridgehead atoms. The smallest absolute Gasteiger partial charge is 0.333 e. The van der Waals surface area contributed by atoms with Crippen LogP contribution in [0.5, 0.6) is 0 Å². The summed E-state index contributed by atoms with van der Waals surface area (Å²) in [5.41, 5.74) is 1.43. The van der Waals surface area contributed by atoms with Crippen LogP contribution >= 0.6 is 45.2 Å². The predicted octanol–water partition coefficient (Wildman–Crippen LogP) is 3.52. The molecular formula is C11H10I2O2. The Hall–Kier alpha value is -0.110. The van der Waals surface area contributed by atoms with Crippen molar-refractivity contribution in [2.75, 3.05) is 0 Å². The molecule has 1 rings (SSSR count). The first-order chi connectivity index (χ1) is 6.99. The maximum Gasteiger partial charge on any atom is 0.333 e. The molecule has 4 heteroatoms. The third kappa shape index (κ3) is 4.50. The van der Waals surface area contributed by atoms with Gasteiger partial charge in [-0.15, -0.1) is 0 Å². The zero-order chi connectivity index (χ0) is 11.4. The van der Waals surface area contributed by atoms with E-state index in [4.69, 9.17) is 4.74 Å². The summed E-state index contributed by atoms with van der Waals surface area (Å²) >= 11 is 4.48. The Kier molecular flexibility index (Phi) is 5.04. The van der Waals surface area contributed by atoms with Crippen molar-refractivity contribution in [3.63, 3.8) is 0 Å². The molecule has 0 aromatic heterocycles. The molecule has 0 fully saturated rings. The van der Waals surface area contributed by atoms with Gasteiger partial charge in [0.15, 0.2) is 0 Å². The van der Waals surface area contributed by atoms with Crippen molar-refractivity contribution >= 4 is 51.2 Å². The lowest BCUT2D eigenvalue weighted by molar-refractivity contribution is -0.140. The average molecular weight is 428 g/mol. The minimum Gasteiger partial charge on any atom is -0.457 e. The van der Waals surface area contributed by atoms with E-state index in [2.05, 4.69) is 57.8 Å². The number of ether oxygens (including phenoxy) is 1. The first-order valence-electron chi connectivity index (χ1n) is 4.26. The fourth-order valence-electron chi connectivity index (χ4n) is 0.966. The van der Waals surface area contributed by atoms with Gasteiger partial charge in [-0.2, -0.15) is 0 Å². The van der Waals surface area contributed by atoms with Crippen LogP contribution in [0.4, 0.5) is 0 Å². The number of carbonyl (C=O) groups excluding carboxylic acids is 1. The van der Waals surface area contributed by atoms with Crippen molar-refractivity contribution in [1.82, 2.24) is 0 Å². The van der Waals surface area contributed by atoms with E-state index in [1.807, 2.05) is 12.1 Å². The van der Waals surface area contributed by atoms with Gasteiger partial charge < -0.3 is 4.74 Å². The van der Waals surface area contributed by atoms with Crippen LogP contribution in [-0.2, 0) is 16.1 Å². The molecule has 80 valence electrons. The summed E-state index contributed by atoms with van der Waals surface area (Å²) in [5.74, 6) is -0.344. The van der Waals surface area contributed by atoms with Crippen molar-refractivity contribution in [2.24, 2.45) is 0 Å². The van der Waals surface area contributed by atoms with Gasteiger partial charge in [0.05, 0.1) is 0 Å². The van der Waals surface area contributed by atoms with E-state index >= 15 is 0 Å². The molecule has 0 saturated heterocycles. The molecule has 0 N–H and O–H groups in total. The maximum atomic E-state index is 11.2. The summed E-state index contributed by atoms with van der Waals surface area (Å²) in [4.78, 5) is 11.2. The zero-order valence-electron chi connectivity index (χ0n) is 8.22. The molecule has 0 amide bonds. The first kappa shape index (κ1) is 13.0. The van der Waals surface area contributed by atoms with E-state index in [0.29, 0.717) is 12.2 Å². The molecule has 0 saturated carbocycles.